The maximum Gasteiger partial charge on any atom is 0.389 e. The van der Waals surface area contributed by atoms with E-state index in [4.69, 9.17) is 16.9 Å². The Morgan fingerprint density at radius 1 is 1.50 bits per heavy atom. The van der Waals surface area contributed by atoms with Crippen LogP contribution in [0.15, 0.2) is 0 Å². The molecule has 1 rings (SSSR count). The minimum absolute atomic E-state index is 0.0391. The molecular formula is C8H7ClF3N3S. The number of halogens is 4. The second-order valence-electron chi connectivity index (χ2n) is 2.90. The lowest BCUT2D eigenvalue weighted by molar-refractivity contribution is -0.134. The molecule has 1 aromatic heterocycles. The first-order valence-electron chi connectivity index (χ1n) is 4.29. The van der Waals surface area contributed by atoms with Crippen LogP contribution in [-0.2, 0) is 0 Å². The Kier molecular flexibility index (Phi) is 4.38. The van der Waals surface area contributed by atoms with Gasteiger partial charge >= 0.3 is 6.18 Å². The van der Waals surface area contributed by atoms with Crippen LogP contribution in [0.4, 0.5) is 18.3 Å². The number of aromatic nitrogens is 1. The summed E-state index contributed by atoms with van der Waals surface area (Å²) in [6.45, 7) is 0.147. The molecule has 0 radical (unpaired) electrons. The van der Waals surface area contributed by atoms with Crippen molar-refractivity contribution in [3.05, 3.63) is 10.0 Å². The average molecular weight is 270 g/mol. The standard InChI is InChI=1S/C8H7ClF3N3S/c9-6-5(4-13)16-7(15-6)14-3-1-2-8(10,11)12/h1-3H2,(H,14,15). The smallest absolute Gasteiger partial charge is 0.361 e. The Labute approximate surface area is 98.9 Å². The summed E-state index contributed by atoms with van der Waals surface area (Å²) in [6.07, 6.45) is -5.02. The van der Waals surface area contributed by atoms with E-state index in [1.165, 1.54) is 0 Å². The predicted molar refractivity (Wildman–Crippen MR) is 55.6 cm³/mol. The van der Waals surface area contributed by atoms with Gasteiger partial charge in [-0.15, -0.1) is 0 Å². The van der Waals surface area contributed by atoms with Crippen molar-refractivity contribution >= 4 is 28.1 Å². The SMILES string of the molecule is N#Cc1sc(NCCCC(F)(F)F)nc1Cl. The summed E-state index contributed by atoms with van der Waals surface area (Å²) >= 11 is 6.61. The summed E-state index contributed by atoms with van der Waals surface area (Å²) in [5.74, 6) is 0. The number of hydrogen-bond acceptors (Lipinski definition) is 4. The molecule has 1 heterocycles. The third kappa shape index (κ3) is 4.24. The van der Waals surface area contributed by atoms with Crippen LogP contribution >= 0.6 is 22.9 Å². The molecule has 8 heteroatoms. The van der Waals surface area contributed by atoms with Gasteiger partial charge in [0.25, 0.3) is 0 Å². The van der Waals surface area contributed by atoms with E-state index >= 15 is 0 Å². The van der Waals surface area contributed by atoms with E-state index in [0.29, 0.717) is 5.13 Å². The number of thiazole rings is 1. The van der Waals surface area contributed by atoms with Gasteiger partial charge in [-0.1, -0.05) is 22.9 Å². The zero-order chi connectivity index (χ0) is 12.2. The van der Waals surface area contributed by atoms with Crippen LogP contribution in [0.1, 0.15) is 17.7 Å². The predicted octanol–water partition coefficient (Wildman–Crippen LogP) is 3.42. The second-order valence-corrected chi connectivity index (χ2v) is 4.25. The van der Waals surface area contributed by atoms with E-state index in [1.54, 1.807) is 0 Å². The molecule has 0 bridgehead atoms. The zero-order valence-electron chi connectivity index (χ0n) is 7.94. The molecule has 0 aliphatic heterocycles. The largest absolute Gasteiger partial charge is 0.389 e. The van der Waals surface area contributed by atoms with Crippen molar-refractivity contribution in [2.24, 2.45) is 0 Å². The average Bonchev–Trinajstić information content (AvgIpc) is 2.52. The number of rotatable bonds is 4. The molecule has 0 aliphatic carbocycles. The van der Waals surface area contributed by atoms with Crippen LogP contribution < -0.4 is 5.32 Å². The number of alkyl halides is 3. The Morgan fingerprint density at radius 2 is 2.19 bits per heavy atom. The van der Waals surface area contributed by atoms with E-state index in [9.17, 15) is 13.2 Å². The molecule has 3 nitrogen and oxygen atoms in total. The third-order valence-corrected chi connectivity index (χ3v) is 2.90. The Bertz CT molecular complexity index is 396. The van der Waals surface area contributed by atoms with E-state index in [1.807, 2.05) is 6.07 Å². The molecule has 0 amide bonds. The molecule has 16 heavy (non-hydrogen) atoms. The van der Waals surface area contributed by atoms with Crippen LogP contribution in [0, 0.1) is 11.3 Å². The van der Waals surface area contributed by atoms with Gasteiger partial charge in [0.15, 0.2) is 10.3 Å². The van der Waals surface area contributed by atoms with E-state index < -0.39 is 12.6 Å². The van der Waals surface area contributed by atoms with Crippen LogP contribution in [0.25, 0.3) is 0 Å². The number of anilines is 1. The Balaban J connectivity index is 2.36. The van der Waals surface area contributed by atoms with Crippen molar-refractivity contribution in [1.82, 2.24) is 4.98 Å². The molecule has 0 saturated carbocycles. The molecule has 0 aromatic carbocycles. The minimum Gasteiger partial charge on any atom is -0.361 e. The molecule has 1 aromatic rings. The minimum atomic E-state index is -4.14. The van der Waals surface area contributed by atoms with Crippen molar-refractivity contribution in [3.63, 3.8) is 0 Å². The lowest BCUT2D eigenvalue weighted by Crippen LogP contribution is -2.10. The summed E-state index contributed by atoms with van der Waals surface area (Å²) in [6, 6.07) is 1.83. The molecular weight excluding hydrogens is 263 g/mol. The number of hydrogen-bond donors (Lipinski definition) is 1. The van der Waals surface area contributed by atoms with Gasteiger partial charge in [0.05, 0.1) is 0 Å². The van der Waals surface area contributed by atoms with Crippen LogP contribution in [0.3, 0.4) is 0 Å². The van der Waals surface area contributed by atoms with Crippen molar-refractivity contribution < 1.29 is 13.2 Å². The number of nitrogens with one attached hydrogen (secondary N) is 1. The first-order valence-corrected chi connectivity index (χ1v) is 5.49. The molecule has 0 unspecified atom stereocenters. The molecule has 1 N–H and O–H groups in total. The fourth-order valence-electron chi connectivity index (χ4n) is 0.930. The van der Waals surface area contributed by atoms with Crippen LogP contribution in [-0.4, -0.2) is 17.7 Å². The number of nitriles is 1. The highest BCUT2D eigenvalue weighted by atomic mass is 35.5. The van der Waals surface area contributed by atoms with E-state index in [2.05, 4.69) is 10.3 Å². The van der Waals surface area contributed by atoms with E-state index in [0.717, 1.165) is 11.3 Å². The van der Waals surface area contributed by atoms with Crippen molar-refractivity contribution in [3.8, 4) is 6.07 Å². The monoisotopic (exact) mass is 269 g/mol. The maximum absolute atomic E-state index is 11.8. The highest BCUT2D eigenvalue weighted by molar-refractivity contribution is 7.16. The molecule has 0 spiro atoms. The zero-order valence-corrected chi connectivity index (χ0v) is 9.51. The summed E-state index contributed by atoms with van der Waals surface area (Å²) in [5, 5.41) is 11.7. The summed E-state index contributed by atoms with van der Waals surface area (Å²) in [7, 11) is 0. The van der Waals surface area contributed by atoms with Gasteiger partial charge in [0.1, 0.15) is 10.9 Å². The third-order valence-electron chi connectivity index (χ3n) is 1.60. The van der Waals surface area contributed by atoms with E-state index in [-0.39, 0.29) is 23.0 Å². The molecule has 0 saturated heterocycles. The van der Waals surface area contributed by atoms with Gasteiger partial charge in [-0.3, -0.25) is 0 Å². The Morgan fingerprint density at radius 3 is 2.69 bits per heavy atom. The topological polar surface area (TPSA) is 48.7 Å². The van der Waals surface area contributed by atoms with Gasteiger partial charge in [0.2, 0.25) is 0 Å². The lowest BCUT2D eigenvalue weighted by Gasteiger charge is -2.05. The summed E-state index contributed by atoms with van der Waals surface area (Å²) in [5.41, 5.74) is 0. The highest BCUT2D eigenvalue weighted by Gasteiger charge is 2.25. The Hall–Kier alpha value is -1.00. The van der Waals surface area contributed by atoms with Gasteiger partial charge in [-0.25, -0.2) is 4.98 Å². The molecule has 88 valence electrons. The van der Waals surface area contributed by atoms with Crippen LogP contribution in [0.5, 0.6) is 0 Å². The van der Waals surface area contributed by atoms with Crippen molar-refractivity contribution in [2.45, 2.75) is 19.0 Å². The quantitative estimate of drug-likeness (QED) is 0.852. The highest BCUT2D eigenvalue weighted by Crippen LogP contribution is 2.26. The molecule has 0 fully saturated rings. The normalized spacial score (nSPS) is 11.2. The maximum atomic E-state index is 11.8. The summed E-state index contributed by atoms with van der Waals surface area (Å²) < 4.78 is 35.4. The van der Waals surface area contributed by atoms with Crippen molar-refractivity contribution in [1.29, 1.82) is 5.26 Å². The lowest BCUT2D eigenvalue weighted by atomic mass is 10.3. The van der Waals surface area contributed by atoms with Gasteiger partial charge in [0, 0.05) is 13.0 Å². The van der Waals surface area contributed by atoms with Gasteiger partial charge in [-0.2, -0.15) is 18.4 Å². The number of nitrogens with zero attached hydrogens (tertiary/aromatic N) is 2. The first kappa shape index (κ1) is 13.1. The van der Waals surface area contributed by atoms with Gasteiger partial charge < -0.3 is 5.32 Å². The fraction of sp³-hybridized carbons (Fsp3) is 0.500. The van der Waals surface area contributed by atoms with Crippen molar-refractivity contribution in [2.75, 3.05) is 11.9 Å². The summed E-state index contributed by atoms with van der Waals surface area (Å²) in [4.78, 5) is 4.03. The second kappa shape index (κ2) is 5.37. The first-order chi connectivity index (χ1) is 7.42. The molecule has 0 atom stereocenters. The van der Waals surface area contributed by atoms with Gasteiger partial charge in [-0.05, 0) is 6.42 Å². The fourth-order valence-corrected chi connectivity index (χ4v) is 1.90. The molecule has 0 aliphatic rings. The van der Waals surface area contributed by atoms with Crippen LogP contribution in [0.2, 0.25) is 5.15 Å².